The molecule has 0 aromatic heterocycles. The predicted molar refractivity (Wildman–Crippen MR) is 65.7 cm³/mol. The first-order valence-corrected chi connectivity index (χ1v) is 6.05. The Balaban J connectivity index is 2.07. The Hall–Kier alpha value is -1.14. The van der Waals surface area contributed by atoms with E-state index in [2.05, 4.69) is 16.0 Å². The van der Waals surface area contributed by atoms with Gasteiger partial charge < -0.3 is 10.6 Å². The molecule has 0 saturated heterocycles. The molecule has 17 heavy (non-hydrogen) atoms. The molecule has 3 N–H and O–H groups in total. The number of urea groups is 1. The average Bonchev–Trinajstić information content (AvgIpc) is 3.01. The number of rotatable bonds is 7. The van der Waals surface area contributed by atoms with Crippen LogP contribution in [0.25, 0.3) is 0 Å². The molecule has 0 aromatic rings. The minimum absolute atomic E-state index is 0.252. The van der Waals surface area contributed by atoms with Crippen molar-refractivity contribution in [1.82, 2.24) is 20.9 Å². The molecule has 0 unspecified atom stereocenters. The van der Waals surface area contributed by atoms with Crippen molar-refractivity contribution in [2.24, 2.45) is 0 Å². The van der Waals surface area contributed by atoms with Gasteiger partial charge in [-0.25, -0.2) is 4.79 Å². The van der Waals surface area contributed by atoms with Gasteiger partial charge in [-0.2, -0.15) is 0 Å². The molecule has 98 valence electrons. The van der Waals surface area contributed by atoms with Gasteiger partial charge in [0.2, 0.25) is 5.91 Å². The molecular formula is C11H22N4O2. The van der Waals surface area contributed by atoms with Gasteiger partial charge in [0.05, 0.1) is 6.54 Å². The zero-order valence-electron chi connectivity index (χ0n) is 10.6. The van der Waals surface area contributed by atoms with Crippen molar-refractivity contribution in [2.45, 2.75) is 25.3 Å². The van der Waals surface area contributed by atoms with Crippen LogP contribution in [0.1, 0.15) is 19.3 Å². The lowest BCUT2D eigenvalue weighted by atomic mass is 10.4. The molecule has 1 rings (SSSR count). The Bertz CT molecular complexity index is 266. The Kier molecular flexibility index (Phi) is 5.93. The van der Waals surface area contributed by atoms with Gasteiger partial charge in [0.25, 0.3) is 0 Å². The van der Waals surface area contributed by atoms with Gasteiger partial charge in [-0.1, -0.05) is 0 Å². The van der Waals surface area contributed by atoms with E-state index in [-0.39, 0.29) is 24.5 Å². The molecule has 0 radical (unpaired) electrons. The molecule has 0 aromatic carbocycles. The smallest absolute Gasteiger partial charge is 0.321 e. The van der Waals surface area contributed by atoms with Gasteiger partial charge in [0.15, 0.2) is 0 Å². The number of hydrogen-bond acceptors (Lipinski definition) is 4. The number of likely N-dealkylation sites (N-methyl/N-ethyl adjacent to an activating group) is 1. The molecule has 3 amide bonds. The van der Waals surface area contributed by atoms with Crippen LogP contribution in [0.3, 0.4) is 0 Å². The van der Waals surface area contributed by atoms with Crippen LogP contribution >= 0.6 is 0 Å². The molecule has 1 aliphatic carbocycles. The predicted octanol–water partition coefficient (Wildman–Crippen LogP) is -0.484. The van der Waals surface area contributed by atoms with Crippen LogP contribution < -0.4 is 16.0 Å². The van der Waals surface area contributed by atoms with Crippen molar-refractivity contribution in [1.29, 1.82) is 0 Å². The third-order valence-electron chi connectivity index (χ3n) is 2.55. The summed E-state index contributed by atoms with van der Waals surface area (Å²) < 4.78 is 0. The molecule has 0 bridgehead atoms. The van der Waals surface area contributed by atoms with E-state index in [4.69, 9.17) is 0 Å². The summed E-state index contributed by atoms with van der Waals surface area (Å²) in [5, 5.41) is 8.08. The van der Waals surface area contributed by atoms with Crippen molar-refractivity contribution in [3.63, 3.8) is 0 Å². The fraction of sp³-hybridized carbons (Fsp3) is 0.818. The van der Waals surface area contributed by atoms with Crippen molar-refractivity contribution in [3.8, 4) is 0 Å². The summed E-state index contributed by atoms with van der Waals surface area (Å²) in [6.07, 6.45) is 3.02. The van der Waals surface area contributed by atoms with E-state index < -0.39 is 0 Å². The summed E-state index contributed by atoms with van der Waals surface area (Å²) in [5.41, 5.74) is 0. The summed E-state index contributed by atoms with van der Waals surface area (Å²) in [6, 6.07) is -0.0997. The highest BCUT2D eigenvalue weighted by Crippen LogP contribution is 2.18. The summed E-state index contributed by atoms with van der Waals surface area (Å²) in [7, 11) is 3.77. The second-order valence-corrected chi connectivity index (χ2v) is 4.49. The van der Waals surface area contributed by atoms with Crippen LogP contribution in [0, 0.1) is 0 Å². The van der Waals surface area contributed by atoms with Crippen molar-refractivity contribution >= 4 is 11.9 Å². The van der Waals surface area contributed by atoms with E-state index in [1.54, 1.807) is 0 Å². The third-order valence-corrected chi connectivity index (χ3v) is 2.55. The number of nitrogens with zero attached hydrogens (tertiary/aromatic N) is 1. The zero-order chi connectivity index (χ0) is 12.7. The fourth-order valence-electron chi connectivity index (χ4n) is 1.47. The monoisotopic (exact) mass is 242 g/mol. The highest BCUT2D eigenvalue weighted by Gasteiger charge is 2.23. The SMILES string of the molecule is CNCCCN(C)CC(=O)NC(=O)NC1CC1. The molecule has 0 aliphatic heterocycles. The molecular weight excluding hydrogens is 220 g/mol. The van der Waals surface area contributed by atoms with E-state index in [0.717, 1.165) is 32.4 Å². The number of nitrogens with one attached hydrogen (secondary N) is 3. The minimum Gasteiger partial charge on any atom is -0.335 e. The Morgan fingerprint density at radius 1 is 1.35 bits per heavy atom. The Morgan fingerprint density at radius 3 is 2.65 bits per heavy atom. The van der Waals surface area contributed by atoms with Gasteiger partial charge >= 0.3 is 6.03 Å². The molecule has 6 nitrogen and oxygen atoms in total. The lowest BCUT2D eigenvalue weighted by Crippen LogP contribution is -2.44. The lowest BCUT2D eigenvalue weighted by Gasteiger charge is -2.15. The number of carbonyl (C=O) groups is 2. The second kappa shape index (κ2) is 7.24. The van der Waals surface area contributed by atoms with Gasteiger partial charge in [-0.15, -0.1) is 0 Å². The minimum atomic E-state index is -0.374. The van der Waals surface area contributed by atoms with E-state index in [9.17, 15) is 9.59 Å². The average molecular weight is 242 g/mol. The van der Waals surface area contributed by atoms with E-state index in [1.807, 2.05) is 19.0 Å². The maximum absolute atomic E-state index is 11.5. The van der Waals surface area contributed by atoms with Gasteiger partial charge in [-0.05, 0) is 46.4 Å². The molecule has 0 atom stereocenters. The molecule has 1 aliphatic rings. The largest absolute Gasteiger partial charge is 0.335 e. The van der Waals surface area contributed by atoms with Crippen LogP contribution in [0.2, 0.25) is 0 Å². The maximum atomic E-state index is 11.5. The van der Waals surface area contributed by atoms with Crippen LogP contribution in [0.15, 0.2) is 0 Å². The number of amides is 3. The van der Waals surface area contributed by atoms with Crippen LogP contribution in [-0.2, 0) is 4.79 Å². The van der Waals surface area contributed by atoms with Gasteiger partial charge in [0.1, 0.15) is 0 Å². The van der Waals surface area contributed by atoms with Gasteiger partial charge in [0, 0.05) is 6.04 Å². The summed E-state index contributed by atoms with van der Waals surface area (Å²) in [5.74, 6) is -0.255. The molecule has 0 spiro atoms. The summed E-state index contributed by atoms with van der Waals surface area (Å²) >= 11 is 0. The number of carbonyl (C=O) groups excluding carboxylic acids is 2. The Morgan fingerprint density at radius 2 is 2.06 bits per heavy atom. The zero-order valence-corrected chi connectivity index (χ0v) is 10.6. The highest BCUT2D eigenvalue weighted by molar-refractivity contribution is 5.95. The summed E-state index contributed by atoms with van der Waals surface area (Å²) in [4.78, 5) is 24.6. The van der Waals surface area contributed by atoms with Crippen molar-refractivity contribution in [2.75, 3.05) is 33.7 Å². The van der Waals surface area contributed by atoms with Gasteiger partial charge in [-0.3, -0.25) is 15.0 Å². The first-order valence-electron chi connectivity index (χ1n) is 6.05. The maximum Gasteiger partial charge on any atom is 0.321 e. The Labute approximate surface area is 102 Å². The summed E-state index contributed by atoms with van der Waals surface area (Å²) in [6.45, 7) is 2.01. The van der Waals surface area contributed by atoms with Crippen molar-refractivity contribution < 1.29 is 9.59 Å². The van der Waals surface area contributed by atoms with Crippen molar-refractivity contribution in [3.05, 3.63) is 0 Å². The van der Waals surface area contributed by atoms with E-state index in [0.29, 0.717) is 0 Å². The molecule has 1 saturated carbocycles. The van der Waals surface area contributed by atoms with Crippen LogP contribution in [0.4, 0.5) is 4.79 Å². The van der Waals surface area contributed by atoms with E-state index >= 15 is 0 Å². The number of imide groups is 1. The number of hydrogen-bond donors (Lipinski definition) is 3. The quantitative estimate of drug-likeness (QED) is 0.527. The fourth-order valence-corrected chi connectivity index (χ4v) is 1.47. The normalized spacial score (nSPS) is 14.8. The topological polar surface area (TPSA) is 73.5 Å². The first kappa shape index (κ1) is 13.9. The van der Waals surface area contributed by atoms with E-state index in [1.165, 1.54) is 0 Å². The highest BCUT2D eigenvalue weighted by atomic mass is 16.2. The van der Waals surface area contributed by atoms with Crippen LogP contribution in [0.5, 0.6) is 0 Å². The first-order chi connectivity index (χ1) is 8.11. The van der Waals surface area contributed by atoms with Crippen LogP contribution in [-0.4, -0.2) is 56.6 Å². The molecule has 0 heterocycles. The molecule has 6 heteroatoms. The second-order valence-electron chi connectivity index (χ2n) is 4.49. The standard InChI is InChI=1S/C11H22N4O2/c1-12-6-3-7-15(2)8-10(16)14-11(17)13-9-4-5-9/h9,12H,3-8H2,1-2H3,(H2,13,14,16,17). The third kappa shape index (κ3) is 6.91. The molecule has 1 fully saturated rings. The lowest BCUT2D eigenvalue weighted by molar-refractivity contribution is -0.120.